The molecule has 0 aliphatic heterocycles. The topological polar surface area (TPSA) is 54.5 Å². The van der Waals surface area contributed by atoms with Crippen LogP contribution in [0.15, 0.2) is 53.4 Å². The molecule has 0 fully saturated rings. The van der Waals surface area contributed by atoms with Crippen LogP contribution in [-0.4, -0.2) is 33.1 Å². The lowest BCUT2D eigenvalue weighted by Crippen LogP contribution is -2.23. The van der Waals surface area contributed by atoms with Gasteiger partial charge in [0.15, 0.2) is 6.29 Å². The molecule has 104 valence electrons. The molecule has 0 aliphatic carbocycles. The zero-order valence-electron chi connectivity index (χ0n) is 11.3. The van der Waals surface area contributed by atoms with Crippen LogP contribution in [0.2, 0.25) is 0 Å². The van der Waals surface area contributed by atoms with E-state index in [-0.39, 0.29) is 10.5 Å². The Morgan fingerprint density at radius 1 is 0.950 bits per heavy atom. The molecule has 5 heteroatoms. The van der Waals surface area contributed by atoms with Crippen molar-refractivity contribution in [1.82, 2.24) is 4.31 Å². The second kappa shape index (κ2) is 5.56. The molecule has 2 rings (SSSR count). The standard InChI is InChI=1S/C15H15NO3S/c1-16(2)20(18,19)15-10-6-9-13(14(15)11-17)12-7-4-3-5-8-12/h3-11H,1-2H3. The van der Waals surface area contributed by atoms with Gasteiger partial charge in [0.1, 0.15) is 0 Å². The van der Waals surface area contributed by atoms with Crippen molar-refractivity contribution in [2.75, 3.05) is 14.1 Å². The molecule has 0 unspecified atom stereocenters. The lowest BCUT2D eigenvalue weighted by Gasteiger charge is -2.15. The van der Waals surface area contributed by atoms with E-state index in [4.69, 9.17) is 0 Å². The van der Waals surface area contributed by atoms with E-state index in [1.165, 1.54) is 20.2 Å². The van der Waals surface area contributed by atoms with E-state index in [9.17, 15) is 13.2 Å². The van der Waals surface area contributed by atoms with Crippen LogP contribution in [0.1, 0.15) is 10.4 Å². The number of sulfonamides is 1. The van der Waals surface area contributed by atoms with Crippen molar-refractivity contribution in [2.45, 2.75) is 4.90 Å². The zero-order chi connectivity index (χ0) is 14.8. The summed E-state index contributed by atoms with van der Waals surface area (Å²) in [6, 6.07) is 14.1. The fourth-order valence-electron chi connectivity index (χ4n) is 1.96. The van der Waals surface area contributed by atoms with Gasteiger partial charge in [-0.25, -0.2) is 12.7 Å². The van der Waals surface area contributed by atoms with Crippen LogP contribution in [0.5, 0.6) is 0 Å². The van der Waals surface area contributed by atoms with Crippen LogP contribution >= 0.6 is 0 Å². The van der Waals surface area contributed by atoms with Crippen molar-refractivity contribution < 1.29 is 13.2 Å². The Labute approximate surface area is 118 Å². The summed E-state index contributed by atoms with van der Waals surface area (Å²) < 4.78 is 25.6. The van der Waals surface area contributed by atoms with Gasteiger partial charge in [0.2, 0.25) is 10.0 Å². The van der Waals surface area contributed by atoms with Crippen LogP contribution in [-0.2, 0) is 10.0 Å². The maximum Gasteiger partial charge on any atom is 0.243 e. The molecule has 0 bridgehead atoms. The highest BCUT2D eigenvalue weighted by Gasteiger charge is 2.23. The second-order valence-corrected chi connectivity index (χ2v) is 6.61. The van der Waals surface area contributed by atoms with Crippen LogP contribution in [0.4, 0.5) is 0 Å². The van der Waals surface area contributed by atoms with E-state index in [0.29, 0.717) is 11.8 Å². The lowest BCUT2D eigenvalue weighted by molar-refractivity contribution is 0.112. The fraction of sp³-hybridized carbons (Fsp3) is 0.133. The number of rotatable bonds is 4. The van der Waals surface area contributed by atoms with Gasteiger partial charge in [-0.3, -0.25) is 4.79 Å². The molecule has 0 heterocycles. The largest absolute Gasteiger partial charge is 0.298 e. The van der Waals surface area contributed by atoms with E-state index in [1.807, 2.05) is 30.3 Å². The molecular formula is C15H15NO3S. The lowest BCUT2D eigenvalue weighted by atomic mass is 10.0. The van der Waals surface area contributed by atoms with Gasteiger partial charge in [-0.05, 0) is 17.2 Å². The molecule has 0 saturated heterocycles. The van der Waals surface area contributed by atoms with Gasteiger partial charge in [0, 0.05) is 19.7 Å². The van der Waals surface area contributed by atoms with E-state index in [0.717, 1.165) is 9.87 Å². The second-order valence-electron chi connectivity index (χ2n) is 4.49. The molecule has 0 saturated carbocycles. The Kier molecular flexibility index (Phi) is 4.01. The minimum Gasteiger partial charge on any atom is -0.298 e. The third-order valence-electron chi connectivity index (χ3n) is 3.03. The first-order valence-electron chi connectivity index (χ1n) is 6.04. The predicted octanol–water partition coefficient (Wildman–Crippen LogP) is 2.42. The minimum atomic E-state index is -3.65. The minimum absolute atomic E-state index is 0.0267. The number of nitrogens with zero attached hydrogens (tertiary/aromatic N) is 1. The molecular weight excluding hydrogens is 274 g/mol. The summed E-state index contributed by atoms with van der Waals surface area (Å²) in [5, 5.41) is 0. The maximum absolute atomic E-state index is 12.3. The summed E-state index contributed by atoms with van der Waals surface area (Å²) in [6.07, 6.45) is 0.596. The molecule has 0 N–H and O–H groups in total. The number of aldehydes is 1. The van der Waals surface area contributed by atoms with E-state index < -0.39 is 10.0 Å². The number of benzene rings is 2. The average molecular weight is 289 g/mol. The summed E-state index contributed by atoms with van der Waals surface area (Å²) >= 11 is 0. The van der Waals surface area contributed by atoms with Gasteiger partial charge < -0.3 is 0 Å². The number of hydrogen-bond acceptors (Lipinski definition) is 3. The first-order valence-corrected chi connectivity index (χ1v) is 7.48. The molecule has 4 nitrogen and oxygen atoms in total. The van der Waals surface area contributed by atoms with Crippen LogP contribution in [0.3, 0.4) is 0 Å². The SMILES string of the molecule is CN(C)S(=O)(=O)c1cccc(-c2ccccc2)c1C=O. The normalized spacial score (nSPS) is 11.6. The average Bonchev–Trinajstić information content (AvgIpc) is 2.47. The highest BCUT2D eigenvalue weighted by molar-refractivity contribution is 7.89. The molecule has 0 aromatic heterocycles. The van der Waals surface area contributed by atoms with Crippen molar-refractivity contribution in [3.63, 3.8) is 0 Å². The highest BCUT2D eigenvalue weighted by Crippen LogP contribution is 2.28. The third-order valence-corrected chi connectivity index (χ3v) is 4.90. The van der Waals surface area contributed by atoms with Gasteiger partial charge in [-0.1, -0.05) is 42.5 Å². The van der Waals surface area contributed by atoms with E-state index in [1.54, 1.807) is 12.1 Å². The molecule has 0 radical (unpaired) electrons. The van der Waals surface area contributed by atoms with Crippen molar-refractivity contribution in [3.8, 4) is 11.1 Å². The van der Waals surface area contributed by atoms with Gasteiger partial charge >= 0.3 is 0 Å². The summed E-state index contributed by atoms with van der Waals surface area (Å²) in [5.41, 5.74) is 1.61. The van der Waals surface area contributed by atoms with Gasteiger partial charge in [0.25, 0.3) is 0 Å². The van der Waals surface area contributed by atoms with Crippen LogP contribution in [0.25, 0.3) is 11.1 Å². The van der Waals surface area contributed by atoms with Crippen molar-refractivity contribution >= 4 is 16.3 Å². The Bertz CT molecular complexity index is 722. The maximum atomic E-state index is 12.3. The third kappa shape index (κ3) is 2.50. The fourth-order valence-corrected chi connectivity index (χ4v) is 3.04. The highest BCUT2D eigenvalue weighted by atomic mass is 32.2. The Morgan fingerprint density at radius 2 is 1.60 bits per heavy atom. The Morgan fingerprint density at radius 3 is 2.15 bits per heavy atom. The smallest absolute Gasteiger partial charge is 0.243 e. The zero-order valence-corrected chi connectivity index (χ0v) is 12.1. The molecule has 0 atom stereocenters. The van der Waals surface area contributed by atoms with Gasteiger partial charge in [-0.2, -0.15) is 0 Å². The first-order chi connectivity index (χ1) is 9.48. The van der Waals surface area contributed by atoms with Crippen LogP contribution in [0, 0.1) is 0 Å². The number of carbonyl (C=O) groups excluding carboxylic acids is 1. The monoisotopic (exact) mass is 289 g/mol. The predicted molar refractivity (Wildman–Crippen MR) is 78.1 cm³/mol. The van der Waals surface area contributed by atoms with Gasteiger partial charge in [0.05, 0.1) is 4.90 Å². The molecule has 20 heavy (non-hydrogen) atoms. The van der Waals surface area contributed by atoms with Crippen molar-refractivity contribution in [2.24, 2.45) is 0 Å². The van der Waals surface area contributed by atoms with E-state index in [2.05, 4.69) is 0 Å². The van der Waals surface area contributed by atoms with Crippen molar-refractivity contribution in [3.05, 3.63) is 54.1 Å². The molecule has 0 amide bonds. The summed E-state index contributed by atoms with van der Waals surface area (Å²) in [4.78, 5) is 11.4. The molecule has 2 aromatic carbocycles. The molecule has 0 aliphatic rings. The summed E-state index contributed by atoms with van der Waals surface area (Å²) in [5.74, 6) is 0. The number of carbonyl (C=O) groups is 1. The molecule has 2 aromatic rings. The molecule has 0 spiro atoms. The Hall–Kier alpha value is -1.98. The number of hydrogen-bond donors (Lipinski definition) is 0. The quantitative estimate of drug-likeness (QED) is 0.812. The van der Waals surface area contributed by atoms with Gasteiger partial charge in [-0.15, -0.1) is 0 Å². The van der Waals surface area contributed by atoms with Crippen LogP contribution < -0.4 is 0 Å². The first kappa shape index (κ1) is 14.4. The summed E-state index contributed by atoms with van der Waals surface area (Å²) in [7, 11) is -0.761. The van der Waals surface area contributed by atoms with Crippen molar-refractivity contribution in [1.29, 1.82) is 0 Å². The summed E-state index contributed by atoms with van der Waals surface area (Å²) in [6.45, 7) is 0. The Balaban J connectivity index is 2.73. The van der Waals surface area contributed by atoms with E-state index >= 15 is 0 Å².